The first-order valence-electron chi connectivity index (χ1n) is 9.06. The van der Waals surface area contributed by atoms with Gasteiger partial charge >= 0.3 is 0 Å². The number of ether oxygens (including phenoxy) is 2. The molecule has 0 radical (unpaired) electrons. The molecule has 1 N–H and O–H groups in total. The topological polar surface area (TPSA) is 50.8 Å². The standard InChI is InChI=1S/C21H26N2O3/c1-25-17-10-11-20(26-2)16(14-17)15-21(24)22-18-8-4-5-9-19(18)23-12-6-3-7-13-23/h4-5,8-11,14H,3,6-7,12-13,15H2,1-2H3,(H,22,24). The number of nitrogens with one attached hydrogen (secondary N) is 1. The Labute approximate surface area is 154 Å². The zero-order valence-corrected chi connectivity index (χ0v) is 15.5. The van der Waals surface area contributed by atoms with E-state index in [2.05, 4.69) is 16.3 Å². The molecular formula is C21H26N2O3. The molecule has 0 aromatic heterocycles. The van der Waals surface area contributed by atoms with Crippen molar-refractivity contribution in [3.05, 3.63) is 48.0 Å². The smallest absolute Gasteiger partial charge is 0.228 e. The third kappa shape index (κ3) is 4.28. The minimum Gasteiger partial charge on any atom is -0.497 e. The summed E-state index contributed by atoms with van der Waals surface area (Å²) >= 11 is 0. The number of hydrogen-bond acceptors (Lipinski definition) is 4. The van der Waals surface area contributed by atoms with Crippen LogP contribution in [0.5, 0.6) is 11.5 Å². The zero-order chi connectivity index (χ0) is 18.4. The van der Waals surface area contributed by atoms with Crippen molar-refractivity contribution in [1.29, 1.82) is 0 Å². The van der Waals surface area contributed by atoms with E-state index in [-0.39, 0.29) is 12.3 Å². The second kappa shape index (κ2) is 8.61. The molecule has 1 aliphatic heterocycles. The molecule has 1 aliphatic rings. The Hall–Kier alpha value is -2.69. The maximum atomic E-state index is 12.7. The second-order valence-corrected chi connectivity index (χ2v) is 6.47. The fourth-order valence-electron chi connectivity index (χ4n) is 3.38. The van der Waals surface area contributed by atoms with E-state index in [4.69, 9.17) is 9.47 Å². The molecule has 138 valence electrons. The van der Waals surface area contributed by atoms with Crippen LogP contribution in [0.3, 0.4) is 0 Å². The molecule has 26 heavy (non-hydrogen) atoms. The van der Waals surface area contributed by atoms with Crippen molar-refractivity contribution in [2.45, 2.75) is 25.7 Å². The van der Waals surface area contributed by atoms with Crippen molar-refractivity contribution in [2.75, 3.05) is 37.5 Å². The van der Waals surface area contributed by atoms with Gasteiger partial charge in [0.1, 0.15) is 11.5 Å². The van der Waals surface area contributed by atoms with E-state index in [0.29, 0.717) is 11.5 Å². The van der Waals surface area contributed by atoms with Gasteiger partial charge in [0.05, 0.1) is 32.0 Å². The first-order chi connectivity index (χ1) is 12.7. The predicted octanol–water partition coefficient (Wildman–Crippen LogP) is 3.88. The van der Waals surface area contributed by atoms with E-state index in [1.54, 1.807) is 14.2 Å². The summed E-state index contributed by atoms with van der Waals surface area (Å²) in [4.78, 5) is 15.0. The molecule has 5 heteroatoms. The molecule has 0 unspecified atom stereocenters. The molecule has 5 nitrogen and oxygen atoms in total. The normalized spacial score (nSPS) is 14.0. The maximum Gasteiger partial charge on any atom is 0.228 e. The lowest BCUT2D eigenvalue weighted by Crippen LogP contribution is -2.30. The lowest BCUT2D eigenvalue weighted by Gasteiger charge is -2.30. The van der Waals surface area contributed by atoms with Crippen LogP contribution in [0.25, 0.3) is 0 Å². The van der Waals surface area contributed by atoms with E-state index in [0.717, 1.165) is 30.0 Å². The Morgan fingerprint density at radius 1 is 1.04 bits per heavy atom. The van der Waals surface area contributed by atoms with Gasteiger partial charge in [-0.2, -0.15) is 0 Å². The van der Waals surface area contributed by atoms with E-state index in [1.165, 1.54) is 19.3 Å². The molecule has 1 heterocycles. The van der Waals surface area contributed by atoms with Gasteiger partial charge in [-0.1, -0.05) is 12.1 Å². The zero-order valence-electron chi connectivity index (χ0n) is 15.5. The van der Waals surface area contributed by atoms with Gasteiger partial charge < -0.3 is 19.7 Å². The highest BCUT2D eigenvalue weighted by atomic mass is 16.5. The van der Waals surface area contributed by atoms with Gasteiger partial charge in [-0.05, 0) is 49.6 Å². The monoisotopic (exact) mass is 354 g/mol. The fraction of sp³-hybridized carbons (Fsp3) is 0.381. The van der Waals surface area contributed by atoms with Crippen LogP contribution in [0, 0.1) is 0 Å². The van der Waals surface area contributed by atoms with Gasteiger partial charge in [-0.25, -0.2) is 0 Å². The van der Waals surface area contributed by atoms with Gasteiger partial charge in [0, 0.05) is 18.7 Å². The summed E-state index contributed by atoms with van der Waals surface area (Å²) in [6, 6.07) is 13.5. The van der Waals surface area contributed by atoms with Gasteiger partial charge in [0.2, 0.25) is 5.91 Å². The van der Waals surface area contributed by atoms with Crippen molar-refractivity contribution in [3.8, 4) is 11.5 Å². The van der Waals surface area contributed by atoms with Gasteiger partial charge in [-0.3, -0.25) is 4.79 Å². The number of nitrogens with zero attached hydrogens (tertiary/aromatic N) is 1. The van der Waals surface area contributed by atoms with Crippen LogP contribution in [0.2, 0.25) is 0 Å². The third-order valence-electron chi connectivity index (χ3n) is 4.71. The number of benzene rings is 2. The molecule has 3 rings (SSSR count). The summed E-state index contributed by atoms with van der Waals surface area (Å²) in [5.74, 6) is 1.33. The van der Waals surface area contributed by atoms with Crippen LogP contribution in [0.15, 0.2) is 42.5 Å². The van der Waals surface area contributed by atoms with Crippen molar-refractivity contribution in [3.63, 3.8) is 0 Å². The Kier molecular flexibility index (Phi) is 6.00. The quantitative estimate of drug-likeness (QED) is 0.855. The minimum atomic E-state index is -0.0685. The van der Waals surface area contributed by atoms with Crippen molar-refractivity contribution >= 4 is 17.3 Å². The minimum absolute atomic E-state index is 0.0685. The van der Waals surface area contributed by atoms with E-state index >= 15 is 0 Å². The highest BCUT2D eigenvalue weighted by Gasteiger charge is 2.16. The molecule has 2 aromatic carbocycles. The van der Waals surface area contributed by atoms with Crippen molar-refractivity contribution in [2.24, 2.45) is 0 Å². The Bertz CT molecular complexity index is 755. The van der Waals surface area contributed by atoms with Gasteiger partial charge in [-0.15, -0.1) is 0 Å². The average Bonchev–Trinajstić information content (AvgIpc) is 2.69. The molecular weight excluding hydrogens is 328 g/mol. The molecule has 0 saturated carbocycles. The Morgan fingerprint density at radius 3 is 2.54 bits per heavy atom. The Morgan fingerprint density at radius 2 is 1.81 bits per heavy atom. The number of methoxy groups -OCH3 is 2. The fourth-order valence-corrected chi connectivity index (χ4v) is 3.38. The number of amides is 1. The molecule has 0 atom stereocenters. The summed E-state index contributed by atoms with van der Waals surface area (Å²) in [5, 5.41) is 3.07. The molecule has 0 spiro atoms. The second-order valence-electron chi connectivity index (χ2n) is 6.47. The van der Waals surface area contributed by atoms with Crippen molar-refractivity contribution in [1.82, 2.24) is 0 Å². The van der Waals surface area contributed by atoms with Gasteiger partial charge in [0.25, 0.3) is 0 Å². The summed E-state index contributed by atoms with van der Waals surface area (Å²) in [6.07, 6.45) is 3.90. The summed E-state index contributed by atoms with van der Waals surface area (Å²) in [5.41, 5.74) is 2.76. The molecule has 0 aliphatic carbocycles. The predicted molar refractivity (Wildman–Crippen MR) is 104 cm³/mol. The van der Waals surface area contributed by atoms with Gasteiger partial charge in [0.15, 0.2) is 0 Å². The largest absolute Gasteiger partial charge is 0.497 e. The van der Waals surface area contributed by atoms with Crippen LogP contribution in [0.4, 0.5) is 11.4 Å². The number of anilines is 2. The number of piperidine rings is 1. The summed E-state index contributed by atoms with van der Waals surface area (Å²) in [6.45, 7) is 2.08. The van der Waals surface area contributed by atoms with E-state index < -0.39 is 0 Å². The van der Waals surface area contributed by atoms with Crippen LogP contribution in [-0.2, 0) is 11.2 Å². The first kappa shape index (κ1) is 18.1. The van der Waals surface area contributed by atoms with E-state index in [9.17, 15) is 4.79 Å². The van der Waals surface area contributed by atoms with Crippen molar-refractivity contribution < 1.29 is 14.3 Å². The van der Waals surface area contributed by atoms with Crippen LogP contribution < -0.4 is 19.7 Å². The lowest BCUT2D eigenvalue weighted by molar-refractivity contribution is -0.115. The Balaban J connectivity index is 1.75. The van der Waals surface area contributed by atoms with Crippen LogP contribution >= 0.6 is 0 Å². The maximum absolute atomic E-state index is 12.7. The SMILES string of the molecule is COc1ccc(OC)c(CC(=O)Nc2ccccc2N2CCCCC2)c1. The lowest BCUT2D eigenvalue weighted by atomic mass is 10.1. The average molecular weight is 354 g/mol. The number of carbonyl (C=O) groups excluding carboxylic acids is 1. The molecule has 1 amide bonds. The molecule has 2 aromatic rings. The molecule has 1 saturated heterocycles. The highest BCUT2D eigenvalue weighted by Crippen LogP contribution is 2.29. The highest BCUT2D eigenvalue weighted by molar-refractivity contribution is 5.96. The van der Waals surface area contributed by atoms with Crippen LogP contribution in [0.1, 0.15) is 24.8 Å². The molecule has 1 fully saturated rings. The summed E-state index contributed by atoms with van der Waals surface area (Å²) in [7, 11) is 3.22. The van der Waals surface area contributed by atoms with E-state index in [1.807, 2.05) is 36.4 Å². The number of rotatable bonds is 6. The summed E-state index contributed by atoms with van der Waals surface area (Å²) < 4.78 is 10.6. The first-order valence-corrected chi connectivity index (χ1v) is 9.06. The number of carbonyl (C=O) groups is 1. The number of para-hydroxylation sites is 2. The molecule has 0 bridgehead atoms. The third-order valence-corrected chi connectivity index (χ3v) is 4.71. The van der Waals surface area contributed by atoms with Crippen LogP contribution in [-0.4, -0.2) is 33.2 Å². The number of hydrogen-bond donors (Lipinski definition) is 1.